The summed E-state index contributed by atoms with van der Waals surface area (Å²) in [6.45, 7) is 0.848. The fourth-order valence-corrected chi connectivity index (χ4v) is 3.16. The van der Waals surface area contributed by atoms with Crippen LogP contribution in [0.25, 0.3) is 10.9 Å². The van der Waals surface area contributed by atoms with Crippen molar-refractivity contribution in [2.24, 2.45) is 5.73 Å². The number of pyridine rings is 1. The van der Waals surface area contributed by atoms with Crippen molar-refractivity contribution in [2.75, 3.05) is 17.2 Å². The number of para-hydroxylation sites is 1. The van der Waals surface area contributed by atoms with E-state index < -0.39 is 5.91 Å². The summed E-state index contributed by atoms with van der Waals surface area (Å²) in [4.78, 5) is 18.5. The van der Waals surface area contributed by atoms with Crippen molar-refractivity contribution in [2.45, 2.75) is 6.42 Å². The first-order valence-corrected chi connectivity index (χ1v) is 9.11. The Kier molecular flexibility index (Phi) is 4.93. The van der Waals surface area contributed by atoms with E-state index in [4.69, 9.17) is 5.73 Å². The Bertz CT molecular complexity index is 1100. The van der Waals surface area contributed by atoms with Gasteiger partial charge >= 0.3 is 0 Å². The number of amides is 1. The number of hydrogen-bond acceptors (Lipinski definition) is 4. The maximum Gasteiger partial charge on any atom is 0.267 e. The summed E-state index contributed by atoms with van der Waals surface area (Å²) in [6, 6.07) is 19.8. The van der Waals surface area contributed by atoms with Crippen LogP contribution in [0.15, 0.2) is 73.1 Å². The van der Waals surface area contributed by atoms with Crippen LogP contribution in [0.4, 0.5) is 17.1 Å². The van der Waals surface area contributed by atoms with Gasteiger partial charge < -0.3 is 21.4 Å². The number of hydrogen-bond donors (Lipinski definition) is 4. The number of carbonyl (C=O) groups excluding carboxylic acids is 1. The van der Waals surface area contributed by atoms with Crippen molar-refractivity contribution in [3.05, 3.63) is 84.3 Å². The molecule has 0 radical (unpaired) electrons. The third-order valence-electron chi connectivity index (χ3n) is 4.58. The molecule has 6 heteroatoms. The molecule has 2 aromatic heterocycles. The molecule has 0 atom stereocenters. The van der Waals surface area contributed by atoms with Gasteiger partial charge in [-0.1, -0.05) is 18.2 Å². The molecule has 0 spiro atoms. The van der Waals surface area contributed by atoms with E-state index in [1.807, 2.05) is 30.3 Å². The summed E-state index contributed by atoms with van der Waals surface area (Å²) in [5.74, 6) is -0.543. The Morgan fingerprint density at radius 2 is 1.79 bits per heavy atom. The maximum atomic E-state index is 11.2. The molecule has 0 bridgehead atoms. The van der Waals surface area contributed by atoms with Crippen LogP contribution in [0.1, 0.15) is 16.1 Å². The van der Waals surface area contributed by atoms with Gasteiger partial charge in [0.05, 0.1) is 0 Å². The normalized spacial score (nSPS) is 10.7. The van der Waals surface area contributed by atoms with Gasteiger partial charge in [0.2, 0.25) is 0 Å². The number of aromatic nitrogens is 2. The number of primary amides is 1. The number of anilines is 3. The van der Waals surface area contributed by atoms with E-state index in [1.165, 1.54) is 16.5 Å². The first kappa shape index (κ1) is 17.6. The molecule has 2 aromatic carbocycles. The van der Waals surface area contributed by atoms with Crippen LogP contribution in [-0.4, -0.2) is 22.4 Å². The number of carbonyl (C=O) groups is 1. The highest BCUT2D eigenvalue weighted by atomic mass is 16.1. The third-order valence-corrected chi connectivity index (χ3v) is 4.58. The summed E-state index contributed by atoms with van der Waals surface area (Å²) < 4.78 is 0. The third kappa shape index (κ3) is 3.96. The van der Waals surface area contributed by atoms with Crippen molar-refractivity contribution in [1.29, 1.82) is 0 Å². The predicted molar refractivity (Wildman–Crippen MR) is 113 cm³/mol. The molecule has 0 saturated heterocycles. The molecular weight excluding hydrogens is 350 g/mol. The van der Waals surface area contributed by atoms with E-state index in [0.29, 0.717) is 0 Å². The van der Waals surface area contributed by atoms with Crippen molar-refractivity contribution < 1.29 is 4.79 Å². The van der Waals surface area contributed by atoms with E-state index >= 15 is 0 Å². The summed E-state index contributed by atoms with van der Waals surface area (Å²) in [6.07, 6.45) is 4.58. The lowest BCUT2D eigenvalue weighted by atomic mass is 10.1. The number of H-pyrrole nitrogens is 1. The van der Waals surface area contributed by atoms with Gasteiger partial charge in [0.25, 0.3) is 5.91 Å². The highest BCUT2D eigenvalue weighted by Gasteiger charge is 2.04. The predicted octanol–water partition coefficient (Wildman–Crippen LogP) is 4.06. The zero-order valence-electron chi connectivity index (χ0n) is 15.3. The zero-order valence-corrected chi connectivity index (χ0v) is 15.3. The smallest absolute Gasteiger partial charge is 0.267 e. The Labute approximate surface area is 162 Å². The summed E-state index contributed by atoms with van der Waals surface area (Å²) in [5, 5.41) is 7.97. The molecule has 1 amide bonds. The van der Waals surface area contributed by atoms with E-state index in [-0.39, 0.29) is 5.69 Å². The van der Waals surface area contributed by atoms with Gasteiger partial charge in [-0.15, -0.1) is 0 Å². The van der Waals surface area contributed by atoms with E-state index in [1.54, 1.807) is 18.3 Å². The van der Waals surface area contributed by atoms with E-state index in [2.05, 4.69) is 45.0 Å². The number of rotatable bonds is 7. The second-order valence-corrected chi connectivity index (χ2v) is 6.53. The SMILES string of the molecule is NC(=O)c1cc(Nc2ccc(NCCc3c[nH]c4ccccc34)cc2)ccn1. The standard InChI is InChI=1S/C22H21N5O/c23-22(28)21-13-18(10-12-25-21)27-17-7-5-16(6-8-17)24-11-9-15-14-26-20-4-2-1-3-19(15)20/h1-8,10,12-14,24,26H,9,11H2,(H2,23,28)(H,25,27). The number of fused-ring (bicyclic) bond motifs is 1. The number of aromatic amines is 1. The van der Waals surface area contributed by atoms with Crippen LogP contribution < -0.4 is 16.4 Å². The van der Waals surface area contributed by atoms with E-state index in [9.17, 15) is 4.79 Å². The van der Waals surface area contributed by atoms with Crippen LogP contribution in [0, 0.1) is 0 Å². The molecule has 0 aliphatic carbocycles. The van der Waals surface area contributed by atoms with Gasteiger partial charge in [-0.3, -0.25) is 9.78 Å². The lowest BCUT2D eigenvalue weighted by Gasteiger charge is -2.10. The fourth-order valence-electron chi connectivity index (χ4n) is 3.16. The molecule has 0 aliphatic rings. The minimum atomic E-state index is -0.543. The van der Waals surface area contributed by atoms with Crippen LogP contribution in [0.3, 0.4) is 0 Å². The largest absolute Gasteiger partial charge is 0.385 e. The number of nitrogens with one attached hydrogen (secondary N) is 3. The maximum absolute atomic E-state index is 11.2. The van der Waals surface area contributed by atoms with Gasteiger partial charge in [-0.2, -0.15) is 0 Å². The molecule has 4 rings (SSSR count). The topological polar surface area (TPSA) is 95.8 Å². The summed E-state index contributed by atoms with van der Waals surface area (Å²) >= 11 is 0. The molecular formula is C22H21N5O. The first-order chi connectivity index (χ1) is 13.7. The monoisotopic (exact) mass is 371 g/mol. The molecule has 5 N–H and O–H groups in total. The van der Waals surface area contributed by atoms with Crippen molar-refractivity contribution in [3.63, 3.8) is 0 Å². The molecule has 2 heterocycles. The van der Waals surface area contributed by atoms with Crippen LogP contribution in [-0.2, 0) is 6.42 Å². The van der Waals surface area contributed by atoms with Gasteiger partial charge in [0.15, 0.2) is 0 Å². The molecule has 4 aromatic rings. The number of nitrogens with zero attached hydrogens (tertiary/aromatic N) is 1. The number of nitrogens with two attached hydrogens (primary N) is 1. The van der Waals surface area contributed by atoms with Crippen molar-refractivity contribution in [3.8, 4) is 0 Å². The van der Waals surface area contributed by atoms with Gasteiger partial charge in [-0.05, 0) is 54.4 Å². The second kappa shape index (κ2) is 7.84. The molecule has 0 unspecified atom stereocenters. The van der Waals surface area contributed by atoms with Gasteiger partial charge in [-0.25, -0.2) is 0 Å². The molecule has 140 valence electrons. The number of benzene rings is 2. The highest BCUT2D eigenvalue weighted by Crippen LogP contribution is 2.20. The van der Waals surface area contributed by atoms with Crippen LogP contribution in [0.5, 0.6) is 0 Å². The minimum absolute atomic E-state index is 0.237. The summed E-state index contributed by atoms with van der Waals surface area (Å²) in [5.41, 5.74) is 10.7. The highest BCUT2D eigenvalue weighted by molar-refractivity contribution is 5.91. The van der Waals surface area contributed by atoms with Crippen molar-refractivity contribution >= 4 is 33.9 Å². The van der Waals surface area contributed by atoms with Crippen LogP contribution >= 0.6 is 0 Å². The first-order valence-electron chi connectivity index (χ1n) is 9.11. The van der Waals surface area contributed by atoms with E-state index in [0.717, 1.165) is 30.0 Å². The quantitative estimate of drug-likeness (QED) is 0.394. The zero-order chi connectivity index (χ0) is 19.3. The second-order valence-electron chi connectivity index (χ2n) is 6.53. The average molecular weight is 371 g/mol. The molecule has 0 saturated carbocycles. The fraction of sp³-hybridized carbons (Fsp3) is 0.0909. The Hall–Kier alpha value is -3.80. The lowest BCUT2D eigenvalue weighted by molar-refractivity contribution is 0.0995. The lowest BCUT2D eigenvalue weighted by Crippen LogP contribution is -2.12. The Morgan fingerprint density at radius 3 is 2.61 bits per heavy atom. The Balaban J connectivity index is 1.34. The average Bonchev–Trinajstić information content (AvgIpc) is 3.13. The minimum Gasteiger partial charge on any atom is -0.385 e. The molecule has 6 nitrogen and oxygen atoms in total. The Morgan fingerprint density at radius 1 is 1.00 bits per heavy atom. The molecule has 0 fully saturated rings. The molecule has 28 heavy (non-hydrogen) atoms. The van der Waals surface area contributed by atoms with Gasteiger partial charge in [0.1, 0.15) is 5.69 Å². The summed E-state index contributed by atoms with van der Waals surface area (Å²) in [7, 11) is 0. The van der Waals surface area contributed by atoms with Crippen LogP contribution in [0.2, 0.25) is 0 Å². The molecule has 0 aliphatic heterocycles. The van der Waals surface area contributed by atoms with Crippen molar-refractivity contribution in [1.82, 2.24) is 9.97 Å². The van der Waals surface area contributed by atoms with Gasteiger partial charge in [0, 0.05) is 46.9 Å².